The summed E-state index contributed by atoms with van der Waals surface area (Å²) in [7, 11) is 2.99. The van der Waals surface area contributed by atoms with Crippen molar-refractivity contribution in [3.63, 3.8) is 0 Å². The molecular formula is C27H30N4O7. The van der Waals surface area contributed by atoms with E-state index in [1.165, 1.54) is 14.2 Å². The molecule has 11 heteroatoms. The van der Waals surface area contributed by atoms with E-state index in [0.717, 1.165) is 6.92 Å². The second-order valence-corrected chi connectivity index (χ2v) is 7.92. The fourth-order valence-corrected chi connectivity index (χ4v) is 3.37. The number of hydrogen-bond donors (Lipinski definition) is 6. The average molecular weight is 523 g/mol. The third kappa shape index (κ3) is 8.55. The fraction of sp³-hybridized carbons (Fsp3) is 0.185. The number of carbonyl (C=O) groups excluding carboxylic acids is 1. The molecule has 0 heterocycles. The maximum Gasteiger partial charge on any atom is 0.330 e. The Morgan fingerprint density at radius 3 is 1.82 bits per heavy atom. The molecule has 1 amide bonds. The molecule has 0 saturated heterocycles. The Balaban J connectivity index is 0.00000118. The highest BCUT2D eigenvalue weighted by molar-refractivity contribution is 5.95. The van der Waals surface area contributed by atoms with Crippen molar-refractivity contribution in [1.82, 2.24) is 5.32 Å². The van der Waals surface area contributed by atoms with E-state index < -0.39 is 29.9 Å². The number of carbonyl (C=O) groups is 3. The smallest absolute Gasteiger partial charge is 0.330 e. The van der Waals surface area contributed by atoms with E-state index >= 15 is 0 Å². The summed E-state index contributed by atoms with van der Waals surface area (Å²) in [6.07, 6.45) is 0. The van der Waals surface area contributed by atoms with Gasteiger partial charge in [0, 0.05) is 24.2 Å². The molecule has 0 aliphatic carbocycles. The Morgan fingerprint density at radius 1 is 0.842 bits per heavy atom. The molecule has 11 nitrogen and oxygen atoms in total. The van der Waals surface area contributed by atoms with Crippen molar-refractivity contribution < 1.29 is 34.1 Å². The molecule has 0 radical (unpaired) electrons. The molecule has 0 unspecified atom stereocenters. The molecular weight excluding hydrogens is 492 g/mol. The number of amidine groups is 1. The largest absolute Gasteiger partial charge is 0.497 e. The summed E-state index contributed by atoms with van der Waals surface area (Å²) < 4.78 is 10.7. The zero-order chi connectivity index (χ0) is 28.2. The normalized spacial score (nSPS) is 11.6. The van der Waals surface area contributed by atoms with E-state index in [9.17, 15) is 14.7 Å². The highest BCUT2D eigenvalue weighted by Crippen LogP contribution is 2.29. The average Bonchev–Trinajstić information content (AvgIpc) is 2.90. The third-order valence-electron chi connectivity index (χ3n) is 5.14. The van der Waals surface area contributed by atoms with Crippen LogP contribution in [0.5, 0.6) is 11.5 Å². The summed E-state index contributed by atoms with van der Waals surface area (Å²) in [5.41, 5.74) is 7.56. The number of nitrogens with two attached hydrogens (primary N) is 1. The van der Waals surface area contributed by atoms with Crippen LogP contribution in [0.1, 0.15) is 35.7 Å². The van der Waals surface area contributed by atoms with Crippen molar-refractivity contribution >= 4 is 29.4 Å². The molecule has 3 aromatic rings. The second-order valence-electron chi connectivity index (χ2n) is 7.92. The zero-order valence-corrected chi connectivity index (χ0v) is 21.1. The van der Waals surface area contributed by atoms with Gasteiger partial charge in [-0.25, -0.2) is 4.79 Å². The van der Waals surface area contributed by atoms with Gasteiger partial charge in [0.25, 0.3) is 5.97 Å². The number of hydrogen-bond acceptors (Lipinski definition) is 7. The number of nitrogens with one attached hydrogen (secondary N) is 3. The maximum absolute atomic E-state index is 13.4. The van der Waals surface area contributed by atoms with Crippen molar-refractivity contribution in [2.75, 3.05) is 19.5 Å². The van der Waals surface area contributed by atoms with Crippen LogP contribution in [0.15, 0.2) is 72.8 Å². The first-order chi connectivity index (χ1) is 18.0. The molecule has 0 aromatic heterocycles. The first kappa shape index (κ1) is 29.2. The molecule has 200 valence electrons. The number of benzene rings is 3. The molecule has 0 aliphatic heterocycles. The minimum atomic E-state index is -1.24. The maximum atomic E-state index is 13.4. The van der Waals surface area contributed by atoms with Gasteiger partial charge in [0.2, 0.25) is 5.91 Å². The van der Waals surface area contributed by atoms with E-state index in [4.69, 9.17) is 30.5 Å². The van der Waals surface area contributed by atoms with Crippen LogP contribution in [0.2, 0.25) is 0 Å². The molecule has 3 rings (SSSR count). The first-order valence-electron chi connectivity index (χ1n) is 11.3. The standard InChI is InChI=1S/C25H26N4O5.C2H4O2/c1-33-19-12-17(13-20(14-19)34-2)21(28-18-10-8-16(9-11-18)23(26)27)24(30)29-22(25(31)32)15-6-4-3-5-7-15;1-2(3)4/h3-14,21-22,28H,1-2H3,(H3,26,27)(H,29,30)(H,31,32);1H3,(H,3,4)/t21-,22+;/m1./s1. The Morgan fingerprint density at radius 2 is 1.37 bits per heavy atom. The number of carboxylic acid groups (broad SMARTS) is 2. The summed E-state index contributed by atoms with van der Waals surface area (Å²) in [5.74, 6) is -1.72. The number of carboxylic acids is 2. The Kier molecular flexibility index (Phi) is 10.7. The number of aliphatic carboxylic acids is 2. The Hall–Kier alpha value is -5.06. The number of nitrogen functional groups attached to an aromatic ring is 1. The number of ether oxygens (including phenoxy) is 2. The predicted molar refractivity (Wildman–Crippen MR) is 142 cm³/mol. The Bertz CT molecular complexity index is 1240. The van der Waals surface area contributed by atoms with E-state index in [-0.39, 0.29) is 5.84 Å². The van der Waals surface area contributed by atoms with Crippen LogP contribution in [0.25, 0.3) is 0 Å². The lowest BCUT2D eigenvalue weighted by Gasteiger charge is -2.24. The quantitative estimate of drug-likeness (QED) is 0.172. The molecule has 7 N–H and O–H groups in total. The summed E-state index contributed by atoms with van der Waals surface area (Å²) >= 11 is 0. The van der Waals surface area contributed by atoms with Gasteiger partial charge < -0.3 is 36.1 Å². The molecule has 0 aliphatic rings. The van der Waals surface area contributed by atoms with Gasteiger partial charge in [-0.3, -0.25) is 15.0 Å². The van der Waals surface area contributed by atoms with Crippen LogP contribution >= 0.6 is 0 Å². The van der Waals surface area contributed by atoms with E-state index in [2.05, 4.69) is 10.6 Å². The molecule has 0 saturated carbocycles. The van der Waals surface area contributed by atoms with Gasteiger partial charge in [-0.1, -0.05) is 30.3 Å². The second kappa shape index (κ2) is 13.9. The van der Waals surface area contributed by atoms with E-state index in [1.54, 1.807) is 72.8 Å². The lowest BCUT2D eigenvalue weighted by Crippen LogP contribution is -2.39. The van der Waals surface area contributed by atoms with Gasteiger partial charge >= 0.3 is 5.97 Å². The third-order valence-corrected chi connectivity index (χ3v) is 5.14. The lowest BCUT2D eigenvalue weighted by atomic mass is 10.0. The van der Waals surface area contributed by atoms with Gasteiger partial charge in [0.05, 0.1) is 14.2 Å². The monoisotopic (exact) mass is 522 g/mol. The van der Waals surface area contributed by atoms with E-state index in [0.29, 0.717) is 33.9 Å². The highest BCUT2D eigenvalue weighted by Gasteiger charge is 2.28. The SMILES string of the molecule is CC(=O)O.COc1cc(OC)cc([C@@H](Nc2ccc(C(=N)N)cc2)C(=O)N[C@H](C(=O)O)c2ccccc2)c1. The summed E-state index contributed by atoms with van der Waals surface area (Å²) in [6, 6.07) is 17.9. The van der Waals surface area contributed by atoms with Gasteiger partial charge in [0.1, 0.15) is 23.4 Å². The lowest BCUT2D eigenvalue weighted by molar-refractivity contribution is -0.142. The van der Waals surface area contributed by atoms with Crippen molar-refractivity contribution in [2.45, 2.75) is 19.0 Å². The number of rotatable bonds is 10. The van der Waals surface area contributed by atoms with Crippen LogP contribution < -0.4 is 25.8 Å². The molecule has 0 spiro atoms. The van der Waals surface area contributed by atoms with Crippen molar-refractivity contribution in [2.24, 2.45) is 5.73 Å². The van der Waals surface area contributed by atoms with Gasteiger partial charge in [-0.15, -0.1) is 0 Å². The molecule has 0 bridgehead atoms. The van der Waals surface area contributed by atoms with Gasteiger partial charge in [-0.2, -0.15) is 0 Å². The van der Waals surface area contributed by atoms with Gasteiger partial charge in [-0.05, 0) is 47.5 Å². The Labute approximate surface area is 219 Å². The van der Waals surface area contributed by atoms with Crippen molar-refractivity contribution in [3.05, 3.63) is 89.5 Å². The number of methoxy groups -OCH3 is 2. The number of anilines is 1. The molecule has 0 fully saturated rings. The van der Waals surface area contributed by atoms with Crippen LogP contribution in [0.4, 0.5) is 5.69 Å². The highest BCUT2D eigenvalue weighted by atomic mass is 16.5. The van der Waals surface area contributed by atoms with Crippen molar-refractivity contribution in [3.8, 4) is 11.5 Å². The van der Waals surface area contributed by atoms with Crippen LogP contribution in [0, 0.1) is 5.41 Å². The summed E-state index contributed by atoms with van der Waals surface area (Å²) in [4.78, 5) is 34.4. The topological polar surface area (TPSA) is 184 Å². The van der Waals surface area contributed by atoms with Gasteiger partial charge in [0.15, 0.2) is 6.04 Å². The number of amides is 1. The van der Waals surface area contributed by atoms with Crippen LogP contribution in [-0.2, 0) is 14.4 Å². The summed E-state index contributed by atoms with van der Waals surface area (Å²) in [5, 5.41) is 30.5. The van der Waals surface area contributed by atoms with Crippen molar-refractivity contribution in [1.29, 1.82) is 5.41 Å². The first-order valence-corrected chi connectivity index (χ1v) is 11.3. The van der Waals surface area contributed by atoms with Crippen LogP contribution in [-0.4, -0.2) is 48.1 Å². The predicted octanol–water partition coefficient (Wildman–Crippen LogP) is 3.17. The molecule has 2 atom stereocenters. The summed E-state index contributed by atoms with van der Waals surface area (Å²) in [6.45, 7) is 1.08. The molecule has 38 heavy (non-hydrogen) atoms. The zero-order valence-electron chi connectivity index (χ0n) is 21.1. The van der Waals surface area contributed by atoms with E-state index in [1.807, 2.05) is 0 Å². The van der Waals surface area contributed by atoms with Crippen LogP contribution in [0.3, 0.4) is 0 Å². The molecule has 3 aromatic carbocycles. The fourth-order valence-electron chi connectivity index (χ4n) is 3.37. The minimum absolute atomic E-state index is 0.0782. The minimum Gasteiger partial charge on any atom is -0.497 e.